The van der Waals surface area contributed by atoms with Crippen molar-refractivity contribution >= 4 is 5.96 Å². The molecule has 1 aliphatic rings. The summed E-state index contributed by atoms with van der Waals surface area (Å²) in [6.45, 7) is 9.37. The van der Waals surface area contributed by atoms with Gasteiger partial charge in [-0.3, -0.25) is 4.99 Å². The Bertz CT molecular complexity index is 589. The van der Waals surface area contributed by atoms with Gasteiger partial charge in [0, 0.05) is 33.2 Å². The van der Waals surface area contributed by atoms with E-state index in [-0.39, 0.29) is 5.82 Å². The van der Waals surface area contributed by atoms with Gasteiger partial charge in [0.25, 0.3) is 0 Å². The van der Waals surface area contributed by atoms with Crippen molar-refractivity contribution in [3.8, 4) is 0 Å². The predicted molar refractivity (Wildman–Crippen MR) is 103 cm³/mol. The van der Waals surface area contributed by atoms with Crippen LogP contribution in [0.25, 0.3) is 0 Å². The van der Waals surface area contributed by atoms with Gasteiger partial charge in [-0.25, -0.2) is 8.78 Å². The van der Waals surface area contributed by atoms with Crippen molar-refractivity contribution in [2.24, 2.45) is 16.8 Å². The van der Waals surface area contributed by atoms with E-state index in [0.717, 1.165) is 25.7 Å². The van der Waals surface area contributed by atoms with Gasteiger partial charge in [-0.05, 0) is 61.4 Å². The molecule has 2 rings (SSSR count). The minimum Gasteiger partial charge on any atom is -0.356 e. The van der Waals surface area contributed by atoms with Crippen LogP contribution in [-0.4, -0.2) is 50.6 Å². The summed E-state index contributed by atoms with van der Waals surface area (Å²) in [6.07, 6.45) is 2.88. The van der Waals surface area contributed by atoms with Crippen LogP contribution >= 0.6 is 0 Å². The third-order valence-corrected chi connectivity index (χ3v) is 4.70. The van der Waals surface area contributed by atoms with Crippen LogP contribution in [-0.2, 0) is 6.42 Å². The molecule has 0 spiro atoms. The van der Waals surface area contributed by atoms with Gasteiger partial charge >= 0.3 is 0 Å². The highest BCUT2D eigenvalue weighted by atomic mass is 19.1. The molecule has 1 atom stereocenters. The minimum atomic E-state index is -0.410. The largest absolute Gasteiger partial charge is 0.356 e. The van der Waals surface area contributed by atoms with E-state index in [2.05, 4.69) is 34.4 Å². The number of nitrogens with zero attached hydrogens (tertiary/aromatic N) is 2. The zero-order chi connectivity index (χ0) is 18.9. The van der Waals surface area contributed by atoms with E-state index in [0.29, 0.717) is 36.3 Å². The molecule has 2 N–H and O–H groups in total. The molecule has 1 unspecified atom stereocenters. The van der Waals surface area contributed by atoms with E-state index in [9.17, 15) is 8.78 Å². The highest BCUT2D eigenvalue weighted by molar-refractivity contribution is 5.79. The Kier molecular flexibility index (Phi) is 8.29. The first kappa shape index (κ1) is 20.6. The molecule has 4 nitrogen and oxygen atoms in total. The number of likely N-dealkylation sites (tertiary alicyclic amines) is 1. The lowest BCUT2D eigenvalue weighted by atomic mass is 9.97. The Hall–Kier alpha value is -1.69. The van der Waals surface area contributed by atoms with Gasteiger partial charge in [0.2, 0.25) is 0 Å². The Morgan fingerprint density at radius 3 is 2.85 bits per heavy atom. The Labute approximate surface area is 156 Å². The van der Waals surface area contributed by atoms with E-state index < -0.39 is 5.82 Å². The van der Waals surface area contributed by atoms with E-state index in [1.54, 1.807) is 7.05 Å². The molecule has 1 fully saturated rings. The molecule has 1 aromatic carbocycles. The number of halogens is 2. The maximum absolute atomic E-state index is 13.6. The Morgan fingerprint density at radius 2 is 2.12 bits per heavy atom. The zero-order valence-electron chi connectivity index (χ0n) is 16.2. The lowest BCUT2D eigenvalue weighted by molar-refractivity contribution is 0.159. The number of nitrogens with one attached hydrogen (secondary N) is 2. The first-order valence-electron chi connectivity index (χ1n) is 9.58. The predicted octanol–water partition coefficient (Wildman–Crippen LogP) is 3.04. The maximum atomic E-state index is 13.6. The molecule has 0 bridgehead atoms. The summed E-state index contributed by atoms with van der Waals surface area (Å²) in [5.41, 5.74) is 0.379. The van der Waals surface area contributed by atoms with Crippen molar-refractivity contribution in [2.45, 2.75) is 33.1 Å². The molecule has 26 heavy (non-hydrogen) atoms. The summed E-state index contributed by atoms with van der Waals surface area (Å²) < 4.78 is 26.9. The molecule has 0 aliphatic carbocycles. The fourth-order valence-corrected chi connectivity index (χ4v) is 3.51. The van der Waals surface area contributed by atoms with Crippen molar-refractivity contribution in [3.05, 3.63) is 35.4 Å². The van der Waals surface area contributed by atoms with Gasteiger partial charge in [-0.15, -0.1) is 0 Å². The summed E-state index contributed by atoms with van der Waals surface area (Å²) in [4.78, 5) is 6.77. The van der Waals surface area contributed by atoms with Gasteiger partial charge < -0.3 is 15.5 Å². The summed E-state index contributed by atoms with van der Waals surface area (Å²) in [5.74, 6) is 1.24. The number of hydrogen-bond acceptors (Lipinski definition) is 2. The second kappa shape index (κ2) is 10.5. The van der Waals surface area contributed by atoms with Crippen LogP contribution in [0.2, 0.25) is 0 Å². The highest BCUT2D eigenvalue weighted by Crippen LogP contribution is 2.16. The van der Waals surface area contributed by atoms with Crippen LogP contribution in [0.5, 0.6) is 0 Å². The fourth-order valence-electron chi connectivity index (χ4n) is 3.51. The molecular weight excluding hydrogens is 334 g/mol. The summed E-state index contributed by atoms with van der Waals surface area (Å²) >= 11 is 0. The van der Waals surface area contributed by atoms with Crippen LogP contribution in [0.4, 0.5) is 8.78 Å². The molecule has 0 aromatic heterocycles. The molecule has 1 aliphatic heterocycles. The van der Waals surface area contributed by atoms with Crippen molar-refractivity contribution in [1.29, 1.82) is 0 Å². The molecule has 146 valence electrons. The number of aliphatic imine (C=N–C) groups is 1. The van der Waals surface area contributed by atoms with Gasteiger partial charge in [0.15, 0.2) is 5.96 Å². The van der Waals surface area contributed by atoms with E-state index >= 15 is 0 Å². The second-order valence-corrected chi connectivity index (χ2v) is 7.53. The smallest absolute Gasteiger partial charge is 0.190 e. The third-order valence-electron chi connectivity index (χ3n) is 4.70. The van der Waals surface area contributed by atoms with Gasteiger partial charge in [-0.2, -0.15) is 0 Å². The van der Waals surface area contributed by atoms with E-state index in [1.807, 2.05) is 0 Å². The first-order valence-corrected chi connectivity index (χ1v) is 9.58. The maximum Gasteiger partial charge on any atom is 0.190 e. The average Bonchev–Trinajstić information content (AvgIpc) is 2.60. The van der Waals surface area contributed by atoms with Gasteiger partial charge in [0.1, 0.15) is 11.6 Å². The zero-order valence-corrected chi connectivity index (χ0v) is 16.2. The summed E-state index contributed by atoms with van der Waals surface area (Å²) in [5, 5.41) is 6.55. The van der Waals surface area contributed by atoms with E-state index in [1.165, 1.54) is 31.5 Å². The molecule has 0 amide bonds. The summed E-state index contributed by atoms with van der Waals surface area (Å²) in [6, 6.07) is 3.56. The quantitative estimate of drug-likeness (QED) is 0.576. The normalized spacial score (nSPS) is 19.0. The monoisotopic (exact) mass is 366 g/mol. The topological polar surface area (TPSA) is 39.7 Å². The van der Waals surface area contributed by atoms with Crippen molar-refractivity contribution in [2.75, 3.05) is 39.8 Å². The summed E-state index contributed by atoms with van der Waals surface area (Å²) in [7, 11) is 1.73. The van der Waals surface area contributed by atoms with E-state index in [4.69, 9.17) is 0 Å². The number of hydrogen-bond donors (Lipinski definition) is 2. The van der Waals surface area contributed by atoms with Crippen molar-refractivity contribution in [1.82, 2.24) is 15.5 Å². The van der Waals surface area contributed by atoms with Crippen molar-refractivity contribution < 1.29 is 8.78 Å². The fraction of sp³-hybridized carbons (Fsp3) is 0.650. The first-order chi connectivity index (χ1) is 12.5. The second-order valence-electron chi connectivity index (χ2n) is 7.53. The number of rotatable bonds is 7. The SMILES string of the molecule is CN=C(NCCc1cc(F)ccc1F)NCC1CCCN(CC(C)C)C1. The lowest BCUT2D eigenvalue weighted by Crippen LogP contribution is -2.45. The molecule has 0 radical (unpaired) electrons. The minimum absolute atomic E-state index is 0.372. The Morgan fingerprint density at radius 1 is 1.31 bits per heavy atom. The van der Waals surface area contributed by atoms with Crippen molar-refractivity contribution in [3.63, 3.8) is 0 Å². The number of piperidine rings is 1. The van der Waals surface area contributed by atoms with Gasteiger partial charge in [-0.1, -0.05) is 13.8 Å². The molecule has 1 saturated heterocycles. The molecule has 1 heterocycles. The van der Waals surface area contributed by atoms with Crippen LogP contribution in [0, 0.1) is 23.5 Å². The standard InChI is InChI=1S/C20H32F2N4/c1-15(2)13-26-10-4-5-16(14-26)12-25-20(23-3)24-9-8-17-11-18(21)6-7-19(17)22/h6-7,11,15-16H,4-5,8-10,12-14H2,1-3H3,(H2,23,24,25). The van der Waals surface area contributed by atoms with Crippen LogP contribution in [0.3, 0.4) is 0 Å². The average molecular weight is 367 g/mol. The van der Waals surface area contributed by atoms with Gasteiger partial charge in [0.05, 0.1) is 0 Å². The Balaban J connectivity index is 1.73. The van der Waals surface area contributed by atoms with Crippen LogP contribution in [0.1, 0.15) is 32.3 Å². The molecular formula is C20H32F2N4. The number of benzene rings is 1. The molecule has 6 heteroatoms. The lowest BCUT2D eigenvalue weighted by Gasteiger charge is -2.34. The number of guanidine groups is 1. The molecule has 0 saturated carbocycles. The molecule has 1 aromatic rings. The van der Waals surface area contributed by atoms with Crippen LogP contribution < -0.4 is 10.6 Å². The third kappa shape index (κ3) is 6.90. The van der Waals surface area contributed by atoms with Crippen LogP contribution in [0.15, 0.2) is 23.2 Å². The highest BCUT2D eigenvalue weighted by Gasteiger charge is 2.20.